The topological polar surface area (TPSA) is 116 Å². The number of carboxylic acids is 1. The molecule has 2 saturated heterocycles. The zero-order valence-electron chi connectivity index (χ0n) is 17.6. The SMILES string of the molecule is CCc1ccc2c(c1)C1(NC(CCC(=O)O)C3C(=O)N(C(C)(C)C)C(=O)C31)C(=O)N2. The first-order chi connectivity index (χ1) is 14.0. The van der Waals surface area contributed by atoms with Gasteiger partial charge in [-0.25, -0.2) is 0 Å². The predicted octanol–water partition coefficient (Wildman–Crippen LogP) is 1.63. The van der Waals surface area contributed by atoms with Crippen molar-refractivity contribution in [1.29, 1.82) is 0 Å². The zero-order chi connectivity index (χ0) is 22.0. The number of carboxylic acid groups (broad SMARTS) is 1. The second kappa shape index (κ2) is 6.63. The minimum absolute atomic E-state index is 0.155. The van der Waals surface area contributed by atoms with Gasteiger partial charge in [-0.05, 0) is 45.2 Å². The van der Waals surface area contributed by atoms with Crippen LogP contribution in [-0.2, 0) is 31.1 Å². The molecule has 1 spiro atoms. The summed E-state index contributed by atoms with van der Waals surface area (Å²) in [7, 11) is 0. The van der Waals surface area contributed by atoms with Gasteiger partial charge in [0, 0.05) is 29.3 Å². The molecule has 1 aromatic rings. The van der Waals surface area contributed by atoms with Crippen molar-refractivity contribution in [3.63, 3.8) is 0 Å². The molecule has 4 rings (SSSR count). The van der Waals surface area contributed by atoms with Gasteiger partial charge < -0.3 is 10.4 Å². The van der Waals surface area contributed by atoms with E-state index < -0.39 is 34.9 Å². The Morgan fingerprint density at radius 2 is 1.90 bits per heavy atom. The van der Waals surface area contributed by atoms with Gasteiger partial charge in [-0.1, -0.05) is 19.1 Å². The Bertz CT molecular complexity index is 966. The minimum atomic E-state index is -1.37. The average molecular weight is 413 g/mol. The molecule has 30 heavy (non-hydrogen) atoms. The molecule has 3 aliphatic rings. The number of nitrogens with one attached hydrogen (secondary N) is 2. The van der Waals surface area contributed by atoms with Crippen molar-refractivity contribution in [3.05, 3.63) is 29.3 Å². The highest BCUT2D eigenvalue weighted by Gasteiger charge is 2.71. The fourth-order valence-corrected chi connectivity index (χ4v) is 5.26. The third-order valence-electron chi connectivity index (χ3n) is 6.53. The van der Waals surface area contributed by atoms with Crippen LogP contribution in [-0.4, -0.2) is 45.3 Å². The first kappa shape index (κ1) is 20.5. The van der Waals surface area contributed by atoms with Gasteiger partial charge in [0.25, 0.3) is 0 Å². The molecule has 3 amide bonds. The lowest BCUT2D eigenvalue weighted by atomic mass is 9.76. The number of anilines is 1. The molecule has 0 saturated carbocycles. The quantitative estimate of drug-likeness (QED) is 0.646. The van der Waals surface area contributed by atoms with E-state index >= 15 is 0 Å². The summed E-state index contributed by atoms with van der Waals surface area (Å²) in [6.45, 7) is 7.36. The molecule has 1 aromatic carbocycles. The van der Waals surface area contributed by atoms with E-state index in [9.17, 15) is 24.3 Å². The van der Waals surface area contributed by atoms with Gasteiger partial charge in [0.1, 0.15) is 5.54 Å². The second-order valence-corrected chi connectivity index (χ2v) is 9.37. The van der Waals surface area contributed by atoms with E-state index in [1.165, 1.54) is 4.90 Å². The van der Waals surface area contributed by atoms with Crippen molar-refractivity contribution in [2.45, 2.75) is 64.1 Å². The van der Waals surface area contributed by atoms with Crippen LogP contribution >= 0.6 is 0 Å². The molecular formula is C22H27N3O5. The third-order valence-corrected chi connectivity index (χ3v) is 6.53. The number of carbonyl (C=O) groups excluding carboxylic acids is 3. The number of hydrogen-bond acceptors (Lipinski definition) is 5. The first-order valence-electron chi connectivity index (χ1n) is 10.3. The second-order valence-electron chi connectivity index (χ2n) is 9.37. The van der Waals surface area contributed by atoms with Gasteiger partial charge in [-0.3, -0.25) is 29.4 Å². The number of hydrogen-bond donors (Lipinski definition) is 3. The molecule has 8 heteroatoms. The van der Waals surface area contributed by atoms with Crippen LogP contribution in [0.1, 0.15) is 51.7 Å². The minimum Gasteiger partial charge on any atom is -0.481 e. The van der Waals surface area contributed by atoms with Gasteiger partial charge in [0.15, 0.2) is 0 Å². The number of benzene rings is 1. The molecule has 2 fully saturated rings. The standard InChI is InChI=1S/C22H27N3O5/c1-5-11-6-7-13-12(10-11)22(20(30)23-13)17-16(14(24-22)8-9-15(26)27)18(28)25(19(17)29)21(2,3)4/h6-7,10,14,16-17,24H,5,8-9H2,1-4H3,(H,23,30)(H,26,27). The number of fused-ring (bicyclic) bond motifs is 4. The lowest BCUT2D eigenvalue weighted by molar-refractivity contribution is -0.148. The number of imide groups is 1. The Morgan fingerprint density at radius 3 is 2.50 bits per heavy atom. The highest BCUT2D eigenvalue weighted by Crippen LogP contribution is 2.54. The largest absolute Gasteiger partial charge is 0.481 e. The van der Waals surface area contributed by atoms with Gasteiger partial charge in [-0.2, -0.15) is 0 Å². The zero-order valence-corrected chi connectivity index (χ0v) is 17.6. The fraction of sp³-hybridized carbons (Fsp3) is 0.545. The summed E-state index contributed by atoms with van der Waals surface area (Å²) in [4.78, 5) is 52.7. The summed E-state index contributed by atoms with van der Waals surface area (Å²) >= 11 is 0. The van der Waals surface area contributed by atoms with E-state index in [-0.39, 0.29) is 30.6 Å². The molecule has 3 N–H and O–H groups in total. The van der Waals surface area contributed by atoms with Gasteiger partial charge >= 0.3 is 5.97 Å². The van der Waals surface area contributed by atoms with Crippen molar-refractivity contribution >= 4 is 29.4 Å². The lowest BCUT2D eigenvalue weighted by Gasteiger charge is -2.34. The molecule has 0 radical (unpaired) electrons. The van der Waals surface area contributed by atoms with Crippen molar-refractivity contribution in [3.8, 4) is 0 Å². The highest BCUT2D eigenvalue weighted by molar-refractivity contribution is 6.15. The molecule has 3 heterocycles. The summed E-state index contributed by atoms with van der Waals surface area (Å²) < 4.78 is 0. The normalized spacial score (nSPS) is 30.1. The van der Waals surface area contributed by atoms with Crippen LogP contribution in [0.4, 0.5) is 5.69 Å². The van der Waals surface area contributed by atoms with E-state index in [2.05, 4.69) is 10.6 Å². The van der Waals surface area contributed by atoms with Crippen LogP contribution < -0.4 is 10.6 Å². The Kier molecular flexibility index (Phi) is 4.54. The van der Waals surface area contributed by atoms with Gasteiger partial charge in [0.2, 0.25) is 17.7 Å². The lowest BCUT2D eigenvalue weighted by Crippen LogP contribution is -2.55. The van der Waals surface area contributed by atoms with Crippen molar-refractivity contribution in [2.24, 2.45) is 11.8 Å². The molecule has 0 bridgehead atoms. The summed E-state index contributed by atoms with van der Waals surface area (Å²) in [5.74, 6) is -3.76. The van der Waals surface area contributed by atoms with Crippen LogP contribution in [0.15, 0.2) is 18.2 Å². The Labute approximate surface area is 175 Å². The number of aryl methyl sites for hydroxylation is 1. The number of amides is 3. The van der Waals surface area contributed by atoms with Crippen LogP contribution in [0.2, 0.25) is 0 Å². The highest BCUT2D eigenvalue weighted by atomic mass is 16.4. The molecule has 4 unspecified atom stereocenters. The molecule has 3 aliphatic heterocycles. The van der Waals surface area contributed by atoms with E-state index in [0.29, 0.717) is 11.3 Å². The molecular weight excluding hydrogens is 386 g/mol. The monoisotopic (exact) mass is 413 g/mol. The van der Waals surface area contributed by atoms with Crippen LogP contribution in [0.3, 0.4) is 0 Å². The van der Waals surface area contributed by atoms with Crippen LogP contribution in [0, 0.1) is 11.8 Å². The molecule has 4 atom stereocenters. The first-order valence-corrected chi connectivity index (χ1v) is 10.3. The van der Waals surface area contributed by atoms with Crippen molar-refractivity contribution < 1.29 is 24.3 Å². The van der Waals surface area contributed by atoms with Gasteiger partial charge in [0.05, 0.1) is 11.8 Å². The molecule has 8 nitrogen and oxygen atoms in total. The number of rotatable bonds is 4. The third kappa shape index (κ3) is 2.70. The van der Waals surface area contributed by atoms with E-state index in [1.54, 1.807) is 20.8 Å². The van der Waals surface area contributed by atoms with Gasteiger partial charge in [-0.15, -0.1) is 0 Å². The molecule has 160 valence electrons. The average Bonchev–Trinajstić information content (AvgIpc) is 3.24. The summed E-state index contributed by atoms with van der Waals surface area (Å²) in [6.07, 6.45) is 0.762. The smallest absolute Gasteiger partial charge is 0.303 e. The number of nitrogens with zero attached hydrogens (tertiary/aromatic N) is 1. The maximum Gasteiger partial charge on any atom is 0.303 e. The Morgan fingerprint density at radius 1 is 1.20 bits per heavy atom. The molecule has 0 aromatic heterocycles. The maximum atomic E-state index is 13.6. The van der Waals surface area contributed by atoms with Crippen molar-refractivity contribution in [1.82, 2.24) is 10.2 Å². The predicted molar refractivity (Wildman–Crippen MR) is 109 cm³/mol. The number of aliphatic carboxylic acids is 1. The summed E-state index contributed by atoms with van der Waals surface area (Å²) in [5, 5.41) is 15.3. The van der Waals surface area contributed by atoms with Crippen LogP contribution in [0.25, 0.3) is 0 Å². The number of likely N-dealkylation sites (tertiary alicyclic amines) is 1. The summed E-state index contributed by atoms with van der Waals surface area (Å²) in [5.41, 5.74) is 0.191. The van der Waals surface area contributed by atoms with E-state index in [4.69, 9.17) is 0 Å². The molecule has 0 aliphatic carbocycles. The fourth-order valence-electron chi connectivity index (χ4n) is 5.26. The Balaban J connectivity index is 1.88. The van der Waals surface area contributed by atoms with Crippen molar-refractivity contribution in [2.75, 3.05) is 5.32 Å². The Hall–Kier alpha value is -2.74. The number of carbonyl (C=O) groups is 4. The van der Waals surface area contributed by atoms with E-state index in [0.717, 1.165) is 12.0 Å². The summed E-state index contributed by atoms with van der Waals surface area (Å²) in [6, 6.07) is 5.08. The maximum absolute atomic E-state index is 13.6. The van der Waals surface area contributed by atoms with Crippen LogP contribution in [0.5, 0.6) is 0 Å². The van der Waals surface area contributed by atoms with E-state index in [1.807, 2.05) is 25.1 Å².